The van der Waals surface area contributed by atoms with Gasteiger partial charge in [-0.25, -0.2) is 0 Å². The molecule has 1 saturated carbocycles. The fourth-order valence-corrected chi connectivity index (χ4v) is 5.73. The van der Waals surface area contributed by atoms with Gasteiger partial charge in [0, 0.05) is 0 Å². The highest BCUT2D eigenvalue weighted by atomic mass is 35.6. The lowest BCUT2D eigenvalue weighted by Gasteiger charge is -2.17. The third kappa shape index (κ3) is 6.90. The Bertz CT molecular complexity index is 318. The Labute approximate surface area is 138 Å². The average molecular weight is 327 g/mol. The molecule has 0 N–H and O–H groups in total. The Morgan fingerprint density at radius 3 is 2.00 bits per heavy atom. The van der Waals surface area contributed by atoms with Gasteiger partial charge in [-0.1, -0.05) is 76.6 Å². The first-order valence-electron chi connectivity index (χ1n) is 9.42. The van der Waals surface area contributed by atoms with Crippen molar-refractivity contribution in [1.29, 1.82) is 0 Å². The predicted molar refractivity (Wildman–Crippen MR) is 98.5 cm³/mol. The van der Waals surface area contributed by atoms with Crippen LogP contribution < -0.4 is 0 Å². The first-order valence-corrected chi connectivity index (χ1v) is 13.6. The number of allylic oxidation sites excluding steroid dienone is 2. The molecule has 2 rings (SSSR count). The van der Waals surface area contributed by atoms with Crippen LogP contribution in [0.2, 0.25) is 19.1 Å². The number of fused-ring (bicyclic) bond motifs is 2. The number of rotatable bonds is 11. The van der Waals surface area contributed by atoms with Gasteiger partial charge in [0.25, 0.3) is 0 Å². The van der Waals surface area contributed by atoms with Crippen molar-refractivity contribution in [3.63, 3.8) is 0 Å². The van der Waals surface area contributed by atoms with Gasteiger partial charge in [-0.05, 0) is 43.1 Å². The van der Waals surface area contributed by atoms with Crippen molar-refractivity contribution < 1.29 is 0 Å². The number of halogens is 1. The zero-order chi connectivity index (χ0) is 15.1. The molecule has 3 unspecified atom stereocenters. The van der Waals surface area contributed by atoms with Crippen LogP contribution in [0.5, 0.6) is 0 Å². The van der Waals surface area contributed by atoms with Gasteiger partial charge < -0.3 is 0 Å². The summed E-state index contributed by atoms with van der Waals surface area (Å²) in [5, 5.41) is 0. The molecule has 0 aromatic carbocycles. The SMILES string of the molecule is C[Si](C)(Cl)CCCCCCCCCCC1CC2C=CC1C2. The van der Waals surface area contributed by atoms with Crippen LogP contribution >= 0.6 is 11.1 Å². The molecular weight excluding hydrogens is 292 g/mol. The molecule has 2 aliphatic rings. The van der Waals surface area contributed by atoms with Gasteiger partial charge in [0.2, 0.25) is 0 Å². The smallest absolute Gasteiger partial charge is 0.150 e. The summed E-state index contributed by atoms with van der Waals surface area (Å²) in [6, 6.07) is 1.30. The van der Waals surface area contributed by atoms with Gasteiger partial charge >= 0.3 is 0 Å². The van der Waals surface area contributed by atoms with E-state index in [0.29, 0.717) is 0 Å². The van der Waals surface area contributed by atoms with E-state index in [-0.39, 0.29) is 0 Å². The number of hydrogen-bond donors (Lipinski definition) is 0. The fraction of sp³-hybridized carbons (Fsp3) is 0.895. The molecule has 0 radical (unpaired) electrons. The monoisotopic (exact) mass is 326 g/mol. The highest BCUT2D eigenvalue weighted by Gasteiger charge is 2.34. The largest absolute Gasteiger partial charge is 0.168 e. The lowest BCUT2D eigenvalue weighted by Crippen LogP contribution is -2.14. The van der Waals surface area contributed by atoms with E-state index in [2.05, 4.69) is 25.2 Å². The van der Waals surface area contributed by atoms with Crippen LogP contribution in [0, 0.1) is 17.8 Å². The number of hydrogen-bond acceptors (Lipinski definition) is 0. The van der Waals surface area contributed by atoms with Crippen LogP contribution in [0.25, 0.3) is 0 Å². The van der Waals surface area contributed by atoms with Crippen molar-refractivity contribution >= 4 is 18.5 Å². The minimum absolute atomic E-state index is 0.959. The second kappa shape index (κ2) is 8.77. The predicted octanol–water partition coefficient (Wildman–Crippen LogP) is 7.15. The van der Waals surface area contributed by atoms with E-state index in [1.165, 1.54) is 76.7 Å². The van der Waals surface area contributed by atoms with Crippen LogP contribution in [0.3, 0.4) is 0 Å². The standard InChI is InChI=1S/C19H35ClSi/c1-21(2,20)14-10-8-6-4-3-5-7-9-11-18-15-17-12-13-19(18)16-17/h12-13,17-19H,3-11,14-16H2,1-2H3. The third-order valence-electron chi connectivity index (χ3n) is 5.51. The van der Waals surface area contributed by atoms with Gasteiger partial charge in [-0.3, -0.25) is 0 Å². The van der Waals surface area contributed by atoms with Crippen LogP contribution in [0.1, 0.15) is 70.6 Å². The molecule has 0 heterocycles. The zero-order valence-electron chi connectivity index (χ0n) is 14.2. The van der Waals surface area contributed by atoms with E-state index < -0.39 is 7.38 Å². The second-order valence-electron chi connectivity index (χ2n) is 8.13. The Morgan fingerprint density at radius 2 is 1.48 bits per heavy atom. The Kier molecular flexibility index (Phi) is 7.35. The summed E-state index contributed by atoms with van der Waals surface area (Å²) in [7, 11) is -1.29. The van der Waals surface area contributed by atoms with Gasteiger partial charge in [0.15, 0.2) is 0 Å². The Morgan fingerprint density at radius 1 is 0.857 bits per heavy atom. The Hall–Kier alpha value is 0.247. The molecule has 3 atom stereocenters. The van der Waals surface area contributed by atoms with Gasteiger partial charge in [0.05, 0.1) is 0 Å². The highest BCUT2D eigenvalue weighted by molar-refractivity contribution is 7.19. The molecule has 0 spiro atoms. The van der Waals surface area contributed by atoms with Crippen molar-refractivity contribution in [2.24, 2.45) is 17.8 Å². The molecule has 2 bridgehead atoms. The van der Waals surface area contributed by atoms with Crippen LogP contribution in [-0.4, -0.2) is 7.38 Å². The second-order valence-corrected chi connectivity index (χ2v) is 15.1. The molecule has 0 aromatic heterocycles. The molecule has 0 aromatic rings. The van der Waals surface area contributed by atoms with E-state index in [4.69, 9.17) is 11.1 Å². The van der Waals surface area contributed by atoms with Crippen LogP contribution in [0.15, 0.2) is 12.2 Å². The van der Waals surface area contributed by atoms with E-state index in [1.54, 1.807) is 0 Å². The van der Waals surface area contributed by atoms with Crippen molar-refractivity contribution in [3.8, 4) is 0 Å². The molecule has 1 fully saturated rings. The molecule has 2 aliphatic carbocycles. The first-order chi connectivity index (χ1) is 10.0. The Balaban J connectivity index is 1.34. The summed E-state index contributed by atoms with van der Waals surface area (Å²) in [6.45, 7) is 4.53. The maximum absolute atomic E-state index is 6.34. The summed E-state index contributed by atoms with van der Waals surface area (Å²) in [4.78, 5) is 0. The van der Waals surface area contributed by atoms with Crippen LogP contribution in [-0.2, 0) is 0 Å². The van der Waals surface area contributed by atoms with E-state index in [9.17, 15) is 0 Å². The van der Waals surface area contributed by atoms with Crippen molar-refractivity contribution in [3.05, 3.63) is 12.2 Å². The molecule has 2 heteroatoms. The maximum atomic E-state index is 6.34. The third-order valence-corrected chi connectivity index (χ3v) is 7.62. The molecule has 0 nitrogen and oxygen atoms in total. The molecular formula is C19H35ClSi. The zero-order valence-corrected chi connectivity index (χ0v) is 16.0. The van der Waals surface area contributed by atoms with E-state index in [0.717, 1.165) is 17.8 Å². The molecule has 0 amide bonds. The topological polar surface area (TPSA) is 0 Å². The summed E-state index contributed by atoms with van der Waals surface area (Å²) in [6.07, 6.45) is 21.0. The summed E-state index contributed by atoms with van der Waals surface area (Å²) in [5.41, 5.74) is 0. The maximum Gasteiger partial charge on any atom is 0.150 e. The average Bonchev–Trinajstić information content (AvgIpc) is 3.02. The quantitative estimate of drug-likeness (QED) is 0.163. The van der Waals surface area contributed by atoms with Gasteiger partial charge in [0.1, 0.15) is 7.38 Å². The van der Waals surface area contributed by atoms with Crippen molar-refractivity contribution in [2.45, 2.75) is 89.8 Å². The highest BCUT2D eigenvalue weighted by Crippen LogP contribution is 2.45. The van der Waals surface area contributed by atoms with Crippen molar-refractivity contribution in [2.75, 3.05) is 0 Å². The molecule has 0 saturated heterocycles. The lowest BCUT2D eigenvalue weighted by atomic mass is 9.88. The van der Waals surface area contributed by atoms with Crippen molar-refractivity contribution in [1.82, 2.24) is 0 Å². The fourth-order valence-electron chi connectivity index (χ4n) is 4.24. The number of unbranched alkanes of at least 4 members (excludes halogenated alkanes) is 7. The van der Waals surface area contributed by atoms with E-state index >= 15 is 0 Å². The van der Waals surface area contributed by atoms with Gasteiger partial charge in [-0.2, -0.15) is 11.1 Å². The minimum Gasteiger partial charge on any atom is -0.168 e. The molecule has 122 valence electrons. The molecule has 21 heavy (non-hydrogen) atoms. The normalized spacial score (nSPS) is 27.7. The summed E-state index contributed by atoms with van der Waals surface area (Å²) >= 11 is 6.34. The lowest BCUT2D eigenvalue weighted by molar-refractivity contribution is 0.393. The van der Waals surface area contributed by atoms with Gasteiger partial charge in [-0.15, -0.1) is 0 Å². The van der Waals surface area contributed by atoms with E-state index in [1.807, 2.05) is 0 Å². The minimum atomic E-state index is -1.29. The first kappa shape index (κ1) is 17.6. The molecule has 0 aliphatic heterocycles. The van der Waals surface area contributed by atoms with Crippen LogP contribution in [0.4, 0.5) is 0 Å². The summed E-state index contributed by atoms with van der Waals surface area (Å²) < 4.78 is 0. The summed E-state index contributed by atoms with van der Waals surface area (Å²) in [5.74, 6) is 2.97.